The number of ether oxygens (including phenoxy) is 1. The van der Waals surface area contributed by atoms with E-state index in [1.807, 2.05) is 31.2 Å². The highest BCUT2D eigenvalue weighted by molar-refractivity contribution is 5.99. The topological polar surface area (TPSA) is 26.3 Å². The van der Waals surface area contributed by atoms with E-state index >= 15 is 0 Å². The quantitative estimate of drug-likeness (QED) is 0.692. The molecule has 0 aliphatic carbocycles. The number of methoxy groups -OCH3 is 1. The van der Waals surface area contributed by atoms with Crippen molar-refractivity contribution in [2.45, 2.75) is 32.8 Å². The second kappa shape index (κ2) is 5.66. The minimum atomic E-state index is -0.308. The van der Waals surface area contributed by atoms with E-state index < -0.39 is 0 Å². The number of ketones is 1. The van der Waals surface area contributed by atoms with Crippen molar-refractivity contribution in [3.05, 3.63) is 35.4 Å². The predicted molar refractivity (Wildman–Crippen MR) is 61.2 cm³/mol. The lowest BCUT2D eigenvalue weighted by Gasteiger charge is -2.11. The molecule has 2 nitrogen and oxygen atoms in total. The first-order chi connectivity index (χ1) is 7.22. The third kappa shape index (κ3) is 2.90. The minimum absolute atomic E-state index is 0.0719. The molecule has 2 heteroatoms. The molecule has 0 spiro atoms. The van der Waals surface area contributed by atoms with Gasteiger partial charge in [-0.15, -0.1) is 0 Å². The standard InChI is InChI=1S/C13H18O2/c1-4-10-6-8-11(9-7-10)13(14)12(5-2)15-3/h6-9,12H,4-5H2,1-3H3. The molecular formula is C13H18O2. The molecule has 82 valence electrons. The lowest BCUT2D eigenvalue weighted by molar-refractivity contribution is 0.0595. The zero-order valence-electron chi connectivity index (χ0n) is 9.62. The highest BCUT2D eigenvalue weighted by Crippen LogP contribution is 2.10. The second-order valence-corrected chi connectivity index (χ2v) is 3.55. The Bertz CT molecular complexity index is 310. The molecule has 0 N–H and O–H groups in total. The largest absolute Gasteiger partial charge is 0.373 e. The van der Waals surface area contributed by atoms with Crippen molar-refractivity contribution in [1.29, 1.82) is 0 Å². The van der Waals surface area contributed by atoms with Gasteiger partial charge in [-0.3, -0.25) is 4.79 Å². The van der Waals surface area contributed by atoms with Gasteiger partial charge in [0.05, 0.1) is 0 Å². The maximum absolute atomic E-state index is 11.9. The Morgan fingerprint density at radius 2 is 1.87 bits per heavy atom. The molecule has 1 aromatic carbocycles. The summed E-state index contributed by atoms with van der Waals surface area (Å²) < 4.78 is 5.12. The summed E-state index contributed by atoms with van der Waals surface area (Å²) in [6.45, 7) is 4.05. The van der Waals surface area contributed by atoms with Gasteiger partial charge in [0.2, 0.25) is 0 Å². The van der Waals surface area contributed by atoms with Gasteiger partial charge in [-0.25, -0.2) is 0 Å². The van der Waals surface area contributed by atoms with Gasteiger partial charge in [-0.1, -0.05) is 38.1 Å². The molecule has 0 heterocycles. The summed E-state index contributed by atoms with van der Waals surface area (Å²) >= 11 is 0. The molecule has 0 saturated heterocycles. The fourth-order valence-corrected chi connectivity index (χ4v) is 1.55. The van der Waals surface area contributed by atoms with Gasteiger partial charge in [0.25, 0.3) is 0 Å². The summed E-state index contributed by atoms with van der Waals surface area (Å²) in [5.41, 5.74) is 1.98. The van der Waals surface area contributed by atoms with Crippen LogP contribution in [0.2, 0.25) is 0 Å². The van der Waals surface area contributed by atoms with Crippen LogP contribution >= 0.6 is 0 Å². The van der Waals surface area contributed by atoms with Crippen LogP contribution in [-0.2, 0) is 11.2 Å². The molecule has 0 aliphatic rings. The number of benzene rings is 1. The maximum Gasteiger partial charge on any atom is 0.191 e. The average molecular weight is 206 g/mol. The van der Waals surface area contributed by atoms with E-state index in [2.05, 4.69) is 6.92 Å². The number of Topliss-reactive ketones (excluding diaryl/α,β-unsaturated/α-hetero) is 1. The lowest BCUT2D eigenvalue weighted by Crippen LogP contribution is -2.21. The fraction of sp³-hybridized carbons (Fsp3) is 0.462. The molecule has 0 bridgehead atoms. The Kier molecular flexibility index (Phi) is 4.50. The van der Waals surface area contributed by atoms with E-state index in [-0.39, 0.29) is 11.9 Å². The molecule has 1 atom stereocenters. The maximum atomic E-state index is 11.9. The summed E-state index contributed by atoms with van der Waals surface area (Å²) in [7, 11) is 1.58. The molecular weight excluding hydrogens is 188 g/mol. The van der Waals surface area contributed by atoms with E-state index in [9.17, 15) is 4.79 Å². The van der Waals surface area contributed by atoms with Crippen LogP contribution < -0.4 is 0 Å². The number of aryl methyl sites for hydroxylation is 1. The Morgan fingerprint density at radius 1 is 1.27 bits per heavy atom. The highest BCUT2D eigenvalue weighted by Gasteiger charge is 2.16. The Morgan fingerprint density at radius 3 is 2.27 bits per heavy atom. The van der Waals surface area contributed by atoms with Gasteiger partial charge in [-0.05, 0) is 18.4 Å². The number of carbonyl (C=O) groups excluding carboxylic acids is 1. The second-order valence-electron chi connectivity index (χ2n) is 3.55. The van der Waals surface area contributed by atoms with Gasteiger partial charge < -0.3 is 4.74 Å². The van der Waals surface area contributed by atoms with Crippen molar-refractivity contribution in [3.8, 4) is 0 Å². The summed E-state index contributed by atoms with van der Waals surface area (Å²) in [5, 5.41) is 0. The van der Waals surface area contributed by atoms with Crippen molar-refractivity contribution in [2.24, 2.45) is 0 Å². The summed E-state index contributed by atoms with van der Waals surface area (Å²) in [6.07, 6.45) is 1.40. The van der Waals surface area contributed by atoms with Crippen molar-refractivity contribution >= 4 is 5.78 Å². The third-order valence-electron chi connectivity index (χ3n) is 2.59. The van der Waals surface area contributed by atoms with E-state index in [1.54, 1.807) is 7.11 Å². The molecule has 1 aromatic rings. The lowest BCUT2D eigenvalue weighted by atomic mass is 10.0. The third-order valence-corrected chi connectivity index (χ3v) is 2.59. The van der Waals surface area contributed by atoms with Crippen LogP contribution in [0.15, 0.2) is 24.3 Å². The van der Waals surface area contributed by atoms with E-state index in [0.717, 1.165) is 12.0 Å². The van der Waals surface area contributed by atoms with Crippen molar-refractivity contribution in [3.63, 3.8) is 0 Å². The number of hydrogen-bond donors (Lipinski definition) is 0. The molecule has 1 unspecified atom stereocenters. The van der Waals surface area contributed by atoms with E-state index in [0.29, 0.717) is 6.42 Å². The van der Waals surface area contributed by atoms with Crippen LogP contribution in [0.4, 0.5) is 0 Å². The first-order valence-corrected chi connectivity index (χ1v) is 5.38. The summed E-state index contributed by atoms with van der Waals surface area (Å²) in [4.78, 5) is 11.9. The van der Waals surface area contributed by atoms with Crippen molar-refractivity contribution in [2.75, 3.05) is 7.11 Å². The summed E-state index contributed by atoms with van der Waals surface area (Å²) in [5.74, 6) is 0.0719. The smallest absolute Gasteiger partial charge is 0.191 e. The molecule has 0 aliphatic heterocycles. The number of rotatable bonds is 5. The molecule has 0 fully saturated rings. The van der Waals surface area contributed by atoms with E-state index in [4.69, 9.17) is 4.74 Å². The van der Waals surface area contributed by atoms with Gasteiger partial charge >= 0.3 is 0 Å². The Balaban J connectivity index is 2.82. The van der Waals surface area contributed by atoms with Gasteiger partial charge in [0.15, 0.2) is 5.78 Å². The molecule has 1 rings (SSSR count). The van der Waals surface area contributed by atoms with Gasteiger partial charge in [0, 0.05) is 12.7 Å². The first-order valence-electron chi connectivity index (χ1n) is 5.38. The molecule has 0 amide bonds. The van der Waals surface area contributed by atoms with Crippen LogP contribution in [0.3, 0.4) is 0 Å². The normalized spacial score (nSPS) is 12.5. The monoisotopic (exact) mass is 206 g/mol. The van der Waals surface area contributed by atoms with Crippen LogP contribution in [0, 0.1) is 0 Å². The number of carbonyl (C=O) groups is 1. The minimum Gasteiger partial charge on any atom is -0.373 e. The Hall–Kier alpha value is -1.15. The van der Waals surface area contributed by atoms with Crippen LogP contribution in [-0.4, -0.2) is 19.0 Å². The predicted octanol–water partition coefficient (Wildman–Crippen LogP) is 2.86. The van der Waals surface area contributed by atoms with Gasteiger partial charge in [0.1, 0.15) is 6.10 Å². The molecule has 15 heavy (non-hydrogen) atoms. The number of hydrogen-bond acceptors (Lipinski definition) is 2. The van der Waals surface area contributed by atoms with Crippen molar-refractivity contribution < 1.29 is 9.53 Å². The molecule has 0 radical (unpaired) electrons. The molecule has 0 aromatic heterocycles. The van der Waals surface area contributed by atoms with Gasteiger partial charge in [-0.2, -0.15) is 0 Å². The Labute approximate surface area is 91.3 Å². The zero-order valence-corrected chi connectivity index (χ0v) is 9.62. The first kappa shape index (κ1) is 11.9. The highest BCUT2D eigenvalue weighted by atomic mass is 16.5. The van der Waals surface area contributed by atoms with Crippen LogP contribution in [0.5, 0.6) is 0 Å². The summed E-state index contributed by atoms with van der Waals surface area (Å²) in [6, 6.07) is 7.75. The zero-order chi connectivity index (χ0) is 11.3. The van der Waals surface area contributed by atoms with E-state index in [1.165, 1.54) is 5.56 Å². The van der Waals surface area contributed by atoms with Crippen LogP contribution in [0.25, 0.3) is 0 Å². The average Bonchev–Trinajstić information content (AvgIpc) is 2.30. The SMILES string of the molecule is CCc1ccc(C(=O)C(CC)OC)cc1. The van der Waals surface area contributed by atoms with Crippen LogP contribution in [0.1, 0.15) is 36.2 Å². The fourth-order valence-electron chi connectivity index (χ4n) is 1.55. The van der Waals surface area contributed by atoms with Crippen molar-refractivity contribution in [1.82, 2.24) is 0 Å². The molecule has 0 saturated carbocycles.